The molecule has 0 amide bonds. The van der Waals surface area contributed by atoms with Crippen LogP contribution >= 0.6 is 0 Å². The third kappa shape index (κ3) is 2.37. The van der Waals surface area contributed by atoms with Gasteiger partial charge in [0.1, 0.15) is 0 Å². The Bertz CT molecular complexity index is 386. The van der Waals surface area contributed by atoms with Crippen LogP contribution in [-0.2, 0) is 0 Å². The molecule has 0 bridgehead atoms. The Morgan fingerprint density at radius 3 is 2.83 bits per heavy atom. The zero-order valence-electron chi connectivity index (χ0n) is 11.3. The first-order valence-corrected chi connectivity index (χ1v) is 7.16. The molecule has 1 aliphatic carbocycles. The first-order valence-electron chi connectivity index (χ1n) is 7.16. The Morgan fingerprint density at radius 2 is 2.22 bits per heavy atom. The number of piperazine rings is 1. The number of nitrogens with one attached hydrogen (secondary N) is 1. The molecule has 1 saturated carbocycles. The van der Waals surface area contributed by atoms with Crippen molar-refractivity contribution in [3.8, 4) is 0 Å². The lowest BCUT2D eigenvalue weighted by Gasteiger charge is -2.44. The van der Waals surface area contributed by atoms with E-state index in [0.29, 0.717) is 18.0 Å². The number of pyridine rings is 1. The van der Waals surface area contributed by atoms with Crippen LogP contribution in [0, 0.1) is 11.8 Å². The van der Waals surface area contributed by atoms with Crippen LogP contribution in [0.1, 0.15) is 26.7 Å². The van der Waals surface area contributed by atoms with Crippen molar-refractivity contribution in [3.63, 3.8) is 0 Å². The summed E-state index contributed by atoms with van der Waals surface area (Å²) >= 11 is 0. The van der Waals surface area contributed by atoms with E-state index in [9.17, 15) is 0 Å². The predicted octanol–water partition coefficient (Wildman–Crippen LogP) is 2.29. The Hall–Kier alpha value is -1.09. The van der Waals surface area contributed by atoms with E-state index >= 15 is 0 Å². The van der Waals surface area contributed by atoms with Crippen LogP contribution in [0.2, 0.25) is 0 Å². The van der Waals surface area contributed by atoms with Gasteiger partial charge >= 0.3 is 0 Å². The van der Waals surface area contributed by atoms with Crippen LogP contribution in [0.15, 0.2) is 24.5 Å². The summed E-state index contributed by atoms with van der Waals surface area (Å²) in [6, 6.07) is 5.50. The molecule has 2 heterocycles. The van der Waals surface area contributed by atoms with Crippen molar-refractivity contribution in [1.82, 2.24) is 10.3 Å². The molecule has 2 fully saturated rings. The van der Waals surface area contributed by atoms with Gasteiger partial charge < -0.3 is 10.2 Å². The van der Waals surface area contributed by atoms with Gasteiger partial charge in [0.15, 0.2) is 0 Å². The maximum absolute atomic E-state index is 4.28. The minimum Gasteiger partial charge on any atom is -0.364 e. The third-order valence-electron chi connectivity index (χ3n) is 4.32. The number of aromatic nitrogens is 1. The molecule has 1 aliphatic heterocycles. The van der Waals surface area contributed by atoms with Crippen molar-refractivity contribution >= 4 is 5.69 Å². The number of rotatable bonds is 3. The molecule has 1 saturated heterocycles. The quantitative estimate of drug-likeness (QED) is 0.885. The SMILES string of the molecule is CC(C)C1CNC(C2CC2)CN1c1cccnc1. The third-order valence-corrected chi connectivity index (χ3v) is 4.32. The van der Waals surface area contributed by atoms with Gasteiger partial charge in [-0.1, -0.05) is 13.8 Å². The minimum atomic E-state index is 0.587. The van der Waals surface area contributed by atoms with E-state index < -0.39 is 0 Å². The molecule has 0 spiro atoms. The van der Waals surface area contributed by atoms with Crippen LogP contribution < -0.4 is 10.2 Å². The van der Waals surface area contributed by atoms with Gasteiger partial charge in [-0.05, 0) is 36.8 Å². The molecule has 3 rings (SSSR count). The van der Waals surface area contributed by atoms with Crippen LogP contribution in [0.25, 0.3) is 0 Å². The highest BCUT2D eigenvalue weighted by Crippen LogP contribution is 2.35. The summed E-state index contributed by atoms with van der Waals surface area (Å²) in [7, 11) is 0. The topological polar surface area (TPSA) is 28.2 Å². The maximum Gasteiger partial charge on any atom is 0.0556 e. The first-order chi connectivity index (χ1) is 8.75. The molecule has 2 atom stereocenters. The first kappa shape index (κ1) is 12.0. The monoisotopic (exact) mass is 245 g/mol. The summed E-state index contributed by atoms with van der Waals surface area (Å²) in [5.74, 6) is 1.58. The van der Waals surface area contributed by atoms with Crippen LogP contribution in [-0.4, -0.2) is 30.2 Å². The summed E-state index contributed by atoms with van der Waals surface area (Å²) in [6.07, 6.45) is 6.68. The number of nitrogens with zero attached hydrogens (tertiary/aromatic N) is 2. The van der Waals surface area contributed by atoms with Gasteiger partial charge in [-0.25, -0.2) is 0 Å². The highest BCUT2D eigenvalue weighted by Gasteiger charge is 2.38. The average Bonchev–Trinajstić information content (AvgIpc) is 3.23. The van der Waals surface area contributed by atoms with Crippen molar-refractivity contribution in [3.05, 3.63) is 24.5 Å². The fourth-order valence-electron chi connectivity index (χ4n) is 3.02. The van der Waals surface area contributed by atoms with E-state index in [1.54, 1.807) is 0 Å². The van der Waals surface area contributed by atoms with Gasteiger partial charge in [0, 0.05) is 31.4 Å². The lowest BCUT2D eigenvalue weighted by Crippen LogP contribution is -2.59. The summed E-state index contributed by atoms with van der Waals surface area (Å²) in [4.78, 5) is 6.84. The highest BCUT2D eigenvalue weighted by molar-refractivity contribution is 5.46. The number of hydrogen-bond donors (Lipinski definition) is 1. The van der Waals surface area contributed by atoms with E-state index in [1.807, 2.05) is 18.5 Å². The standard InChI is InChI=1S/C15H23N3/c1-11(2)15-9-17-14(12-5-6-12)10-18(15)13-4-3-7-16-8-13/h3-4,7-8,11-12,14-15,17H,5-6,9-10H2,1-2H3. The number of hydrogen-bond acceptors (Lipinski definition) is 3. The Kier molecular flexibility index (Phi) is 3.25. The van der Waals surface area contributed by atoms with Crippen molar-refractivity contribution in [2.24, 2.45) is 11.8 Å². The fourth-order valence-corrected chi connectivity index (χ4v) is 3.02. The second-order valence-electron chi connectivity index (χ2n) is 6.03. The van der Waals surface area contributed by atoms with Crippen molar-refractivity contribution < 1.29 is 0 Å². The molecule has 2 unspecified atom stereocenters. The van der Waals surface area contributed by atoms with Crippen molar-refractivity contribution in [2.45, 2.75) is 38.8 Å². The van der Waals surface area contributed by atoms with Gasteiger partial charge in [-0.3, -0.25) is 4.98 Å². The molecule has 3 heteroatoms. The molecular weight excluding hydrogens is 222 g/mol. The summed E-state index contributed by atoms with van der Waals surface area (Å²) in [5, 5.41) is 3.75. The molecule has 3 nitrogen and oxygen atoms in total. The lowest BCUT2D eigenvalue weighted by atomic mass is 9.96. The predicted molar refractivity (Wildman–Crippen MR) is 74.7 cm³/mol. The normalized spacial score (nSPS) is 28.7. The fraction of sp³-hybridized carbons (Fsp3) is 0.667. The van der Waals surface area contributed by atoms with E-state index in [0.717, 1.165) is 19.0 Å². The van der Waals surface area contributed by atoms with Crippen LogP contribution in [0.5, 0.6) is 0 Å². The van der Waals surface area contributed by atoms with E-state index in [2.05, 4.69) is 35.1 Å². The van der Waals surface area contributed by atoms with E-state index in [4.69, 9.17) is 0 Å². The van der Waals surface area contributed by atoms with Gasteiger partial charge in [0.2, 0.25) is 0 Å². The summed E-state index contributed by atoms with van der Waals surface area (Å²) < 4.78 is 0. The molecular formula is C15H23N3. The van der Waals surface area contributed by atoms with Gasteiger partial charge in [-0.2, -0.15) is 0 Å². The van der Waals surface area contributed by atoms with Crippen LogP contribution in [0.3, 0.4) is 0 Å². The molecule has 18 heavy (non-hydrogen) atoms. The second-order valence-corrected chi connectivity index (χ2v) is 6.03. The highest BCUT2D eigenvalue weighted by atomic mass is 15.2. The van der Waals surface area contributed by atoms with Crippen molar-refractivity contribution in [2.75, 3.05) is 18.0 Å². The largest absolute Gasteiger partial charge is 0.364 e. The minimum absolute atomic E-state index is 0.587. The molecule has 0 aromatic carbocycles. The zero-order valence-corrected chi connectivity index (χ0v) is 11.3. The summed E-state index contributed by atoms with van der Waals surface area (Å²) in [5.41, 5.74) is 1.28. The molecule has 1 aromatic heterocycles. The second kappa shape index (κ2) is 4.88. The number of anilines is 1. The van der Waals surface area contributed by atoms with Gasteiger partial charge in [-0.15, -0.1) is 0 Å². The Morgan fingerprint density at radius 1 is 1.39 bits per heavy atom. The maximum atomic E-state index is 4.28. The smallest absolute Gasteiger partial charge is 0.0556 e. The van der Waals surface area contributed by atoms with E-state index in [1.165, 1.54) is 18.5 Å². The average molecular weight is 245 g/mol. The van der Waals surface area contributed by atoms with Crippen molar-refractivity contribution in [1.29, 1.82) is 0 Å². The molecule has 0 radical (unpaired) electrons. The van der Waals surface area contributed by atoms with Crippen LogP contribution in [0.4, 0.5) is 5.69 Å². The molecule has 98 valence electrons. The molecule has 2 aliphatic rings. The van der Waals surface area contributed by atoms with Gasteiger partial charge in [0.25, 0.3) is 0 Å². The zero-order chi connectivity index (χ0) is 12.5. The van der Waals surface area contributed by atoms with E-state index in [-0.39, 0.29) is 0 Å². The lowest BCUT2D eigenvalue weighted by molar-refractivity contribution is 0.320. The molecule has 1 aromatic rings. The Labute approximate surface area is 110 Å². The molecule has 1 N–H and O–H groups in total. The Balaban J connectivity index is 1.80. The van der Waals surface area contributed by atoms with Gasteiger partial charge in [0.05, 0.1) is 11.9 Å². The summed E-state index contributed by atoms with van der Waals surface area (Å²) in [6.45, 7) is 6.87.